The summed E-state index contributed by atoms with van der Waals surface area (Å²) < 4.78 is 29.9. The van der Waals surface area contributed by atoms with E-state index in [9.17, 15) is 13.2 Å². The first kappa shape index (κ1) is 22.7. The first-order chi connectivity index (χ1) is 14.8. The molecule has 7 heteroatoms. The summed E-state index contributed by atoms with van der Waals surface area (Å²) in [6.07, 6.45) is 4.78. The van der Waals surface area contributed by atoms with Gasteiger partial charge in [0.1, 0.15) is 0 Å². The van der Waals surface area contributed by atoms with Crippen LogP contribution in [0.2, 0.25) is 0 Å². The number of hydrogen-bond donors (Lipinski definition) is 0. The Hall–Kier alpha value is -1.44. The van der Waals surface area contributed by atoms with Crippen LogP contribution in [0, 0.1) is 0 Å². The van der Waals surface area contributed by atoms with Gasteiger partial charge in [0.15, 0.2) is 9.84 Å². The molecule has 3 fully saturated rings. The largest absolute Gasteiger partial charge is 0.376 e. The van der Waals surface area contributed by atoms with Crippen molar-refractivity contribution in [3.63, 3.8) is 0 Å². The molecule has 3 aliphatic rings. The van der Waals surface area contributed by atoms with E-state index >= 15 is 0 Å². The Morgan fingerprint density at radius 3 is 2.39 bits per heavy atom. The number of ether oxygens (including phenoxy) is 1. The molecule has 1 aliphatic carbocycles. The van der Waals surface area contributed by atoms with E-state index in [1.54, 1.807) is 0 Å². The van der Waals surface area contributed by atoms with Gasteiger partial charge in [-0.1, -0.05) is 38.1 Å². The van der Waals surface area contributed by atoms with Crippen molar-refractivity contribution in [1.29, 1.82) is 0 Å². The molecular weight excluding hydrogens is 412 g/mol. The number of nitrogens with zero attached hydrogens (tertiary/aromatic N) is 2. The average molecular weight is 449 g/mol. The number of carbonyl (C=O) groups excluding carboxylic acids is 1. The molecule has 2 aliphatic heterocycles. The van der Waals surface area contributed by atoms with Crippen molar-refractivity contribution in [1.82, 2.24) is 9.80 Å². The van der Waals surface area contributed by atoms with Crippen LogP contribution in [-0.2, 0) is 25.9 Å². The lowest BCUT2D eigenvalue weighted by molar-refractivity contribution is -0.136. The number of rotatable bonds is 9. The van der Waals surface area contributed by atoms with E-state index in [4.69, 9.17) is 4.74 Å². The molecule has 0 N–H and O–H groups in total. The third-order valence-electron chi connectivity index (χ3n) is 6.83. The average Bonchev–Trinajstić information content (AvgIpc) is 3.33. The lowest BCUT2D eigenvalue weighted by atomic mass is 10.0. The van der Waals surface area contributed by atoms with Gasteiger partial charge in [-0.2, -0.15) is 0 Å². The third kappa shape index (κ3) is 6.08. The molecule has 0 bridgehead atoms. The first-order valence-corrected chi connectivity index (χ1v) is 13.6. The number of amides is 1. The molecule has 0 spiro atoms. The fourth-order valence-corrected chi connectivity index (χ4v) is 6.47. The van der Waals surface area contributed by atoms with Gasteiger partial charge < -0.3 is 9.64 Å². The standard InChI is InChI=1S/C24H36N2O4S/c1-18(2)20-7-5-19(6-8-20)14-25(21-9-10-21)16-24(27)26(15-23-4-3-12-30-23)22-11-13-31(28,29)17-22/h5-8,18,21-23H,3-4,9-17H2,1-2H3. The normalized spacial score (nSPS) is 25.4. The van der Waals surface area contributed by atoms with E-state index in [0.29, 0.717) is 31.5 Å². The van der Waals surface area contributed by atoms with Crippen LogP contribution in [0.4, 0.5) is 0 Å². The molecule has 4 rings (SSSR count). The minimum Gasteiger partial charge on any atom is -0.376 e. The van der Waals surface area contributed by atoms with Gasteiger partial charge in [0.2, 0.25) is 5.91 Å². The van der Waals surface area contributed by atoms with Crippen LogP contribution >= 0.6 is 0 Å². The Bertz CT molecular complexity index is 858. The molecule has 6 nitrogen and oxygen atoms in total. The Labute approximate surface area is 186 Å². The maximum atomic E-state index is 13.4. The molecule has 1 aromatic carbocycles. The van der Waals surface area contributed by atoms with Gasteiger partial charge in [0.05, 0.1) is 24.2 Å². The molecule has 172 valence electrons. The highest BCUT2D eigenvalue weighted by Gasteiger charge is 2.38. The van der Waals surface area contributed by atoms with Gasteiger partial charge in [-0.15, -0.1) is 0 Å². The molecule has 1 amide bonds. The summed E-state index contributed by atoms with van der Waals surface area (Å²) in [5, 5.41) is 0. The first-order valence-electron chi connectivity index (χ1n) is 11.7. The van der Waals surface area contributed by atoms with Crippen LogP contribution in [0.25, 0.3) is 0 Å². The molecule has 2 heterocycles. The summed E-state index contributed by atoms with van der Waals surface area (Å²) in [5.41, 5.74) is 2.54. The van der Waals surface area contributed by atoms with Crippen LogP contribution in [-0.4, -0.2) is 73.5 Å². The highest BCUT2D eigenvalue weighted by molar-refractivity contribution is 7.91. The number of sulfone groups is 1. The fourth-order valence-electron chi connectivity index (χ4n) is 4.74. The van der Waals surface area contributed by atoms with Crippen molar-refractivity contribution in [2.75, 3.05) is 31.2 Å². The van der Waals surface area contributed by atoms with Crippen molar-refractivity contribution in [2.24, 2.45) is 0 Å². The van der Waals surface area contributed by atoms with Crippen molar-refractivity contribution in [3.8, 4) is 0 Å². The predicted molar refractivity (Wildman–Crippen MR) is 122 cm³/mol. The molecule has 0 aromatic heterocycles. The van der Waals surface area contributed by atoms with Crippen LogP contribution < -0.4 is 0 Å². The molecule has 2 atom stereocenters. The minimum atomic E-state index is -3.05. The van der Waals surface area contributed by atoms with Crippen molar-refractivity contribution < 1.29 is 17.9 Å². The third-order valence-corrected chi connectivity index (χ3v) is 8.58. The zero-order valence-electron chi connectivity index (χ0n) is 18.8. The summed E-state index contributed by atoms with van der Waals surface area (Å²) in [4.78, 5) is 17.5. The van der Waals surface area contributed by atoms with Crippen LogP contribution in [0.3, 0.4) is 0 Å². The van der Waals surface area contributed by atoms with E-state index in [-0.39, 0.29) is 29.6 Å². The molecular formula is C24H36N2O4S. The summed E-state index contributed by atoms with van der Waals surface area (Å²) in [7, 11) is -3.05. The quantitative estimate of drug-likeness (QED) is 0.581. The second kappa shape index (κ2) is 9.59. The lowest BCUT2D eigenvalue weighted by Crippen LogP contribution is -2.49. The Morgan fingerprint density at radius 2 is 1.84 bits per heavy atom. The summed E-state index contributed by atoms with van der Waals surface area (Å²) in [5.74, 6) is 0.820. The number of benzene rings is 1. The second-order valence-electron chi connectivity index (χ2n) is 9.77. The van der Waals surface area contributed by atoms with Crippen LogP contribution in [0.15, 0.2) is 24.3 Å². The van der Waals surface area contributed by atoms with Crippen LogP contribution in [0.5, 0.6) is 0 Å². The number of carbonyl (C=O) groups is 1. The van der Waals surface area contributed by atoms with E-state index in [2.05, 4.69) is 43.0 Å². The molecule has 2 unspecified atom stereocenters. The number of hydrogen-bond acceptors (Lipinski definition) is 5. The molecule has 2 saturated heterocycles. The maximum absolute atomic E-state index is 13.4. The van der Waals surface area contributed by atoms with E-state index in [1.807, 2.05) is 4.90 Å². The van der Waals surface area contributed by atoms with Crippen molar-refractivity contribution in [2.45, 2.75) is 76.6 Å². The van der Waals surface area contributed by atoms with Crippen molar-refractivity contribution in [3.05, 3.63) is 35.4 Å². The summed E-state index contributed by atoms with van der Waals surface area (Å²) >= 11 is 0. The predicted octanol–water partition coefficient (Wildman–Crippen LogP) is 2.97. The van der Waals surface area contributed by atoms with Gasteiger partial charge in [-0.05, 0) is 49.1 Å². The maximum Gasteiger partial charge on any atom is 0.237 e. The van der Waals surface area contributed by atoms with Gasteiger partial charge in [0.25, 0.3) is 0 Å². The lowest BCUT2D eigenvalue weighted by Gasteiger charge is -2.33. The van der Waals surface area contributed by atoms with Gasteiger partial charge in [-0.3, -0.25) is 9.69 Å². The van der Waals surface area contributed by atoms with E-state index < -0.39 is 9.84 Å². The Balaban J connectivity index is 1.44. The van der Waals surface area contributed by atoms with Crippen molar-refractivity contribution >= 4 is 15.7 Å². The van der Waals surface area contributed by atoms with Gasteiger partial charge in [0, 0.05) is 31.8 Å². The summed E-state index contributed by atoms with van der Waals surface area (Å²) in [6.45, 7) is 6.73. The van der Waals surface area contributed by atoms with Crippen LogP contribution in [0.1, 0.15) is 63.0 Å². The highest BCUT2D eigenvalue weighted by Crippen LogP contribution is 2.29. The van der Waals surface area contributed by atoms with E-state index in [1.165, 1.54) is 11.1 Å². The zero-order valence-corrected chi connectivity index (χ0v) is 19.6. The zero-order chi connectivity index (χ0) is 22.0. The monoisotopic (exact) mass is 448 g/mol. The Kier molecular flexibility index (Phi) is 7.04. The minimum absolute atomic E-state index is 0.0326. The SMILES string of the molecule is CC(C)c1ccc(CN(CC(=O)N(CC2CCCO2)C2CCS(=O)(=O)C2)C2CC2)cc1. The molecule has 1 aromatic rings. The topological polar surface area (TPSA) is 66.9 Å². The van der Waals surface area contributed by atoms with Gasteiger partial charge in [-0.25, -0.2) is 8.42 Å². The summed E-state index contributed by atoms with van der Waals surface area (Å²) in [6, 6.07) is 8.94. The molecule has 1 saturated carbocycles. The highest BCUT2D eigenvalue weighted by atomic mass is 32.2. The smallest absolute Gasteiger partial charge is 0.237 e. The Morgan fingerprint density at radius 1 is 1.10 bits per heavy atom. The van der Waals surface area contributed by atoms with E-state index in [0.717, 1.165) is 38.8 Å². The fraction of sp³-hybridized carbons (Fsp3) is 0.708. The van der Waals surface area contributed by atoms with Gasteiger partial charge >= 0.3 is 0 Å². The molecule has 0 radical (unpaired) electrons. The second-order valence-corrected chi connectivity index (χ2v) is 12.0. The molecule has 31 heavy (non-hydrogen) atoms.